The highest BCUT2D eigenvalue weighted by Gasteiger charge is 1.66. The number of nitrogens with one attached hydrogen (secondary N) is 1. The van der Waals surface area contributed by atoms with E-state index in [9.17, 15) is 0 Å². The van der Waals surface area contributed by atoms with E-state index in [1.54, 1.807) is 0 Å². The minimum Gasteiger partial charge on any atom is -0.183 e. The molecule has 0 spiro atoms. The number of hydrogen-bond donors (Lipinski definition) is 1. The first kappa shape index (κ1) is 9.67. The quantitative estimate of drug-likeness (QED) is 0.364. The van der Waals surface area contributed by atoms with Crippen LogP contribution in [0.15, 0.2) is 52.1 Å². The lowest BCUT2D eigenvalue weighted by atomic mass is 11.7. The molecule has 0 saturated heterocycles. The van der Waals surface area contributed by atoms with E-state index in [1.165, 1.54) is 0 Å². The molecule has 0 aliphatic rings. The van der Waals surface area contributed by atoms with E-state index in [0.717, 1.165) is 0 Å². The highest BCUT2D eigenvalue weighted by atomic mass is 15.7. The fourth-order valence-corrected chi connectivity index (χ4v) is 0.156. The first-order valence-corrected chi connectivity index (χ1v) is 2.34. The summed E-state index contributed by atoms with van der Waals surface area (Å²) in [5, 5.41) is 28.9. The van der Waals surface area contributed by atoms with Crippen LogP contribution in [0.25, 0.3) is 0 Å². The topological polar surface area (TPSA) is 147 Å². The van der Waals surface area contributed by atoms with E-state index in [4.69, 9.17) is 5.53 Å². The third kappa shape index (κ3) is 7.67. The first-order valence-electron chi connectivity index (χ1n) is 2.34. The second-order valence-corrected chi connectivity index (χ2v) is 0.957. The van der Waals surface area contributed by atoms with E-state index < -0.39 is 0 Å². The van der Waals surface area contributed by atoms with Gasteiger partial charge < -0.3 is 0 Å². The summed E-state index contributed by atoms with van der Waals surface area (Å²) in [6.07, 6.45) is 0. The van der Waals surface area contributed by atoms with Crippen LogP contribution in [-0.4, -0.2) is 6.72 Å². The lowest BCUT2D eigenvalue weighted by Gasteiger charge is -1.67. The molecule has 1 N–H and O–H groups in total. The predicted molar refractivity (Wildman–Crippen MR) is 34.1 cm³/mol. The van der Waals surface area contributed by atoms with Crippen molar-refractivity contribution in [1.29, 1.82) is 5.53 Å². The van der Waals surface area contributed by atoms with Crippen molar-refractivity contribution in [2.75, 3.05) is 0 Å². The zero-order valence-corrected chi connectivity index (χ0v) is 5.68. The van der Waals surface area contributed by atoms with Gasteiger partial charge in [-0.2, -0.15) is 5.53 Å². The van der Waals surface area contributed by atoms with Crippen LogP contribution in [0, 0.1) is 5.53 Å². The second kappa shape index (κ2) is 8.67. The molecule has 0 saturated carbocycles. The van der Waals surface area contributed by atoms with Crippen molar-refractivity contribution in [1.82, 2.24) is 0 Å². The van der Waals surface area contributed by atoms with Gasteiger partial charge in [-0.1, -0.05) is 0 Å². The van der Waals surface area contributed by atoms with Gasteiger partial charge >= 0.3 is 0 Å². The lowest BCUT2D eigenvalue weighted by Crippen LogP contribution is -1.48. The number of hydrogen-bond acceptors (Lipinski definition) is 2. The van der Waals surface area contributed by atoms with E-state index in [-0.39, 0.29) is 0 Å². The van der Waals surface area contributed by atoms with E-state index >= 15 is 0 Å². The molecule has 0 aromatic carbocycles. The summed E-state index contributed by atoms with van der Waals surface area (Å²) >= 11 is 0. The van der Waals surface area contributed by atoms with Gasteiger partial charge in [-0.15, -0.1) is 5.10 Å². The Morgan fingerprint density at radius 1 is 0.667 bits per heavy atom. The second-order valence-electron chi connectivity index (χ2n) is 0.957. The third-order valence-corrected chi connectivity index (χ3v) is 0.388. The van der Waals surface area contributed by atoms with Crippen molar-refractivity contribution < 1.29 is 0 Å². The molecular formula is CH3N11. The molecule has 11 heteroatoms. The van der Waals surface area contributed by atoms with Crippen LogP contribution in [0.2, 0.25) is 0 Å². The molecule has 62 valence electrons. The maximum atomic E-state index is 6.13. The molecular weight excluding hydrogens is 166 g/mol. The van der Waals surface area contributed by atoms with Crippen molar-refractivity contribution in [3.05, 3.63) is 0 Å². The minimum absolute atomic E-state index is 2.50. The zero-order chi connectivity index (χ0) is 9.07. The summed E-state index contributed by atoms with van der Waals surface area (Å²) in [6, 6.07) is 0. The molecule has 0 aromatic heterocycles. The van der Waals surface area contributed by atoms with E-state index in [0.29, 0.717) is 0 Å². The molecule has 0 fully saturated rings. The lowest BCUT2D eigenvalue weighted by molar-refractivity contribution is 0.765. The fourth-order valence-electron chi connectivity index (χ4n) is 0.156. The molecule has 0 bridgehead atoms. The Bertz CT molecular complexity index is 203. The Morgan fingerprint density at radius 3 is 1.50 bits per heavy atom. The van der Waals surface area contributed by atoms with Gasteiger partial charge in [-0.3, -0.25) is 0 Å². The van der Waals surface area contributed by atoms with Crippen LogP contribution in [-0.2, 0) is 0 Å². The highest BCUT2D eigenvalue weighted by molar-refractivity contribution is 5.22. The molecule has 11 nitrogen and oxygen atoms in total. The average Bonchev–Trinajstić information content (AvgIpc) is 2.10. The van der Waals surface area contributed by atoms with Gasteiger partial charge in [-0.25, -0.2) is 0 Å². The summed E-state index contributed by atoms with van der Waals surface area (Å²) in [7, 11) is 0. The summed E-state index contributed by atoms with van der Waals surface area (Å²) in [4.78, 5) is 0. The van der Waals surface area contributed by atoms with E-state index in [2.05, 4.69) is 58.8 Å². The fraction of sp³-hybridized carbons (Fsp3) is 0. The molecule has 0 rings (SSSR count). The summed E-state index contributed by atoms with van der Waals surface area (Å²) in [5.74, 6) is 0. The SMILES string of the molecule is C=NN=NN=NN=NN=NN=N. The maximum Gasteiger partial charge on any atom is 0.0151 e. The highest BCUT2D eigenvalue weighted by Crippen LogP contribution is 1.85. The van der Waals surface area contributed by atoms with Crippen molar-refractivity contribution >= 4 is 6.72 Å². The van der Waals surface area contributed by atoms with Crippen molar-refractivity contribution in [2.45, 2.75) is 0 Å². The van der Waals surface area contributed by atoms with Gasteiger partial charge in [0.1, 0.15) is 0 Å². The molecule has 0 aromatic rings. The first-order chi connectivity index (χ1) is 5.91. The van der Waals surface area contributed by atoms with Crippen LogP contribution in [0.4, 0.5) is 0 Å². The monoisotopic (exact) mass is 169 g/mol. The van der Waals surface area contributed by atoms with Gasteiger partial charge in [0.05, 0.1) is 0 Å². The van der Waals surface area contributed by atoms with Gasteiger partial charge in [0.15, 0.2) is 0 Å². The molecule has 0 unspecified atom stereocenters. The van der Waals surface area contributed by atoms with Crippen molar-refractivity contribution in [3.63, 3.8) is 0 Å². The Morgan fingerprint density at radius 2 is 1.08 bits per heavy atom. The summed E-state index contributed by atoms with van der Waals surface area (Å²) < 4.78 is 0. The average molecular weight is 169 g/mol. The number of rotatable bonds is 5. The molecule has 0 radical (unpaired) electrons. The minimum atomic E-state index is 2.50. The third-order valence-electron chi connectivity index (χ3n) is 0.388. The predicted octanol–water partition coefficient (Wildman–Crippen LogP) is 2.10. The molecule has 0 aliphatic carbocycles. The zero-order valence-electron chi connectivity index (χ0n) is 5.68. The van der Waals surface area contributed by atoms with Gasteiger partial charge in [0.25, 0.3) is 0 Å². The Hall–Kier alpha value is -2.33. The van der Waals surface area contributed by atoms with Crippen molar-refractivity contribution in [2.24, 2.45) is 52.1 Å². The Labute approximate surface area is 65.5 Å². The van der Waals surface area contributed by atoms with Crippen LogP contribution in [0.5, 0.6) is 0 Å². The molecule has 0 atom stereocenters. The largest absolute Gasteiger partial charge is 0.183 e. The van der Waals surface area contributed by atoms with E-state index in [1.807, 2.05) is 0 Å². The molecule has 0 amide bonds. The van der Waals surface area contributed by atoms with Gasteiger partial charge in [-0.05, 0) is 47.0 Å². The summed E-state index contributed by atoms with van der Waals surface area (Å²) in [6.45, 7) is 2.99. The maximum absolute atomic E-state index is 6.13. The van der Waals surface area contributed by atoms with Gasteiger partial charge in [0.2, 0.25) is 0 Å². The smallest absolute Gasteiger partial charge is 0.0151 e. The van der Waals surface area contributed by atoms with Crippen LogP contribution < -0.4 is 0 Å². The standard InChI is InChI=1S/CH3N11/c1-3-5-7-9-11-12-10-8-6-4-2/h2H,1H2. The number of nitrogens with zero attached hydrogens (tertiary/aromatic N) is 10. The summed E-state index contributed by atoms with van der Waals surface area (Å²) in [5.41, 5.74) is 6.13. The van der Waals surface area contributed by atoms with Crippen LogP contribution in [0.1, 0.15) is 0 Å². The van der Waals surface area contributed by atoms with Crippen LogP contribution in [0.3, 0.4) is 0 Å². The van der Waals surface area contributed by atoms with Crippen molar-refractivity contribution in [3.8, 4) is 0 Å². The Balaban J connectivity index is 3.65. The molecule has 12 heavy (non-hydrogen) atoms. The molecule has 0 aliphatic heterocycles. The normalized spacial score (nSPS) is 12.3. The molecule has 0 heterocycles. The van der Waals surface area contributed by atoms with Gasteiger partial charge in [0, 0.05) is 6.72 Å². The Kier molecular flexibility index (Phi) is 6.99. The van der Waals surface area contributed by atoms with Crippen LogP contribution >= 0.6 is 0 Å².